The van der Waals surface area contributed by atoms with Crippen LogP contribution in [0.25, 0.3) is 10.4 Å². The third-order valence-corrected chi connectivity index (χ3v) is 2.84. The third kappa shape index (κ3) is 3.20. The zero-order valence-electron chi connectivity index (χ0n) is 9.91. The molecule has 1 atom stereocenters. The predicted octanol–water partition coefficient (Wildman–Crippen LogP) is 2.55. The van der Waals surface area contributed by atoms with Gasteiger partial charge in [0.1, 0.15) is 0 Å². The summed E-state index contributed by atoms with van der Waals surface area (Å²) in [4.78, 5) is 5.09. The maximum Gasteiger partial charge on any atom is 0.156 e. The van der Waals surface area contributed by atoms with Gasteiger partial charge in [0, 0.05) is 24.5 Å². The number of morpholine rings is 1. The fraction of sp³-hybridized carbons (Fsp3) is 0.500. The van der Waals surface area contributed by atoms with E-state index >= 15 is 0 Å². The van der Waals surface area contributed by atoms with Crippen molar-refractivity contribution in [2.24, 2.45) is 5.11 Å². The second-order valence-corrected chi connectivity index (χ2v) is 4.41. The van der Waals surface area contributed by atoms with E-state index in [1.165, 1.54) is 5.56 Å². The van der Waals surface area contributed by atoms with Crippen LogP contribution in [0.5, 0.6) is 0 Å². The first kappa shape index (κ1) is 11.9. The van der Waals surface area contributed by atoms with Crippen LogP contribution in [-0.4, -0.2) is 30.3 Å². The van der Waals surface area contributed by atoms with Gasteiger partial charge in [-0.15, -0.1) is 0 Å². The maximum absolute atomic E-state index is 8.52. The van der Waals surface area contributed by atoms with E-state index in [-0.39, 0.29) is 0 Å². The molecule has 0 bridgehead atoms. The van der Waals surface area contributed by atoms with Crippen molar-refractivity contribution in [2.45, 2.75) is 19.2 Å². The standard InChI is InChI=1S/C12H16N4O/c1-12(14-15-13)10-16(7-8-17-12)9-11-5-3-2-4-6-11/h2-6H,7-10H2,1H3. The lowest BCUT2D eigenvalue weighted by Crippen LogP contribution is -2.48. The first-order valence-corrected chi connectivity index (χ1v) is 5.68. The summed E-state index contributed by atoms with van der Waals surface area (Å²) in [5, 5.41) is 3.72. The number of benzene rings is 1. The van der Waals surface area contributed by atoms with Crippen molar-refractivity contribution in [3.8, 4) is 0 Å². The van der Waals surface area contributed by atoms with Crippen LogP contribution in [0.1, 0.15) is 12.5 Å². The Morgan fingerprint density at radius 1 is 1.47 bits per heavy atom. The molecule has 1 aliphatic heterocycles. The number of azide groups is 1. The van der Waals surface area contributed by atoms with Crippen molar-refractivity contribution in [1.82, 2.24) is 4.90 Å². The Hall–Kier alpha value is -1.55. The molecule has 2 rings (SSSR count). The Bertz CT molecular complexity index is 416. The molecule has 1 aromatic carbocycles. The molecule has 0 aliphatic carbocycles. The highest BCUT2D eigenvalue weighted by Crippen LogP contribution is 2.20. The number of ether oxygens (including phenoxy) is 1. The molecule has 17 heavy (non-hydrogen) atoms. The molecule has 1 saturated heterocycles. The lowest BCUT2D eigenvalue weighted by atomic mass is 10.1. The summed E-state index contributed by atoms with van der Waals surface area (Å²) in [5.41, 5.74) is 9.05. The second-order valence-electron chi connectivity index (χ2n) is 4.41. The molecule has 0 radical (unpaired) electrons. The molecule has 5 heteroatoms. The van der Waals surface area contributed by atoms with Crippen molar-refractivity contribution in [3.05, 3.63) is 46.3 Å². The topological polar surface area (TPSA) is 61.2 Å². The smallest absolute Gasteiger partial charge is 0.156 e. The van der Waals surface area contributed by atoms with Gasteiger partial charge >= 0.3 is 0 Å². The van der Waals surface area contributed by atoms with Crippen LogP contribution in [0.3, 0.4) is 0 Å². The Morgan fingerprint density at radius 3 is 2.94 bits per heavy atom. The zero-order valence-corrected chi connectivity index (χ0v) is 9.91. The van der Waals surface area contributed by atoms with Crippen molar-refractivity contribution in [3.63, 3.8) is 0 Å². The van der Waals surface area contributed by atoms with Gasteiger partial charge in [0.25, 0.3) is 0 Å². The summed E-state index contributed by atoms with van der Waals surface area (Å²) in [5.74, 6) is 0. The molecule has 1 unspecified atom stereocenters. The Balaban J connectivity index is 2.01. The predicted molar refractivity (Wildman–Crippen MR) is 65.2 cm³/mol. The molecule has 0 aromatic heterocycles. The Kier molecular flexibility index (Phi) is 3.64. The van der Waals surface area contributed by atoms with E-state index in [9.17, 15) is 0 Å². The SMILES string of the molecule is CC1(N=[N+]=[N-])CN(Cc2ccccc2)CCO1. The van der Waals surface area contributed by atoms with Crippen molar-refractivity contribution >= 4 is 0 Å². The largest absolute Gasteiger partial charge is 0.367 e. The minimum Gasteiger partial charge on any atom is -0.367 e. The van der Waals surface area contributed by atoms with Gasteiger partial charge in [-0.2, -0.15) is 0 Å². The van der Waals surface area contributed by atoms with E-state index in [1.807, 2.05) is 25.1 Å². The zero-order chi connectivity index (χ0) is 12.1. The van der Waals surface area contributed by atoms with Crippen LogP contribution in [0, 0.1) is 0 Å². The van der Waals surface area contributed by atoms with Crippen molar-refractivity contribution in [1.29, 1.82) is 0 Å². The fourth-order valence-corrected chi connectivity index (χ4v) is 2.07. The fourth-order valence-electron chi connectivity index (χ4n) is 2.07. The average molecular weight is 232 g/mol. The van der Waals surface area contributed by atoms with Crippen LogP contribution < -0.4 is 0 Å². The van der Waals surface area contributed by atoms with Crippen LogP contribution in [0.15, 0.2) is 35.4 Å². The average Bonchev–Trinajstić information content (AvgIpc) is 2.30. The monoisotopic (exact) mass is 232 g/mol. The van der Waals surface area contributed by atoms with Crippen molar-refractivity contribution in [2.75, 3.05) is 19.7 Å². The van der Waals surface area contributed by atoms with Gasteiger partial charge in [0.05, 0.1) is 6.61 Å². The number of nitrogens with zero attached hydrogens (tertiary/aromatic N) is 4. The molecule has 1 heterocycles. The van der Waals surface area contributed by atoms with E-state index < -0.39 is 5.72 Å². The van der Waals surface area contributed by atoms with Gasteiger partial charge in [-0.3, -0.25) is 4.90 Å². The first-order valence-electron chi connectivity index (χ1n) is 5.68. The van der Waals surface area contributed by atoms with Gasteiger partial charge in [-0.25, -0.2) is 0 Å². The second kappa shape index (κ2) is 5.19. The van der Waals surface area contributed by atoms with Crippen LogP contribution in [-0.2, 0) is 11.3 Å². The van der Waals surface area contributed by atoms with E-state index in [2.05, 4.69) is 27.1 Å². The third-order valence-electron chi connectivity index (χ3n) is 2.84. The summed E-state index contributed by atoms with van der Waals surface area (Å²) >= 11 is 0. The molecule has 1 fully saturated rings. The van der Waals surface area contributed by atoms with Crippen molar-refractivity contribution < 1.29 is 4.74 Å². The molecule has 5 nitrogen and oxygen atoms in total. The number of hydrogen-bond donors (Lipinski definition) is 0. The van der Waals surface area contributed by atoms with Gasteiger partial charge in [-0.05, 0) is 18.0 Å². The molecule has 90 valence electrons. The Morgan fingerprint density at radius 2 is 2.24 bits per heavy atom. The molecule has 0 N–H and O–H groups in total. The summed E-state index contributed by atoms with van der Waals surface area (Å²) < 4.78 is 5.51. The number of rotatable bonds is 3. The van der Waals surface area contributed by atoms with Crippen LogP contribution >= 0.6 is 0 Å². The molecule has 1 aromatic rings. The molecule has 1 aliphatic rings. The molecular formula is C12H16N4O. The summed E-state index contributed by atoms with van der Waals surface area (Å²) in [6.45, 7) is 4.78. The molecule has 0 amide bonds. The summed E-state index contributed by atoms with van der Waals surface area (Å²) in [6, 6.07) is 10.3. The quantitative estimate of drug-likeness (QED) is 0.456. The summed E-state index contributed by atoms with van der Waals surface area (Å²) in [6.07, 6.45) is 0. The molecule has 0 spiro atoms. The lowest BCUT2D eigenvalue weighted by Gasteiger charge is -2.37. The van der Waals surface area contributed by atoms with E-state index in [0.717, 1.165) is 13.1 Å². The molecule has 0 saturated carbocycles. The highest BCUT2D eigenvalue weighted by atomic mass is 16.5. The normalized spacial score (nSPS) is 25.2. The highest BCUT2D eigenvalue weighted by molar-refractivity contribution is 5.14. The van der Waals surface area contributed by atoms with E-state index in [0.29, 0.717) is 13.2 Å². The minimum absolute atomic E-state index is 0.600. The first-order chi connectivity index (χ1) is 8.22. The number of hydrogen-bond acceptors (Lipinski definition) is 3. The highest BCUT2D eigenvalue weighted by Gasteiger charge is 2.30. The Labute approximate surface area is 101 Å². The van der Waals surface area contributed by atoms with Gasteiger partial charge in [-0.1, -0.05) is 35.4 Å². The summed E-state index contributed by atoms with van der Waals surface area (Å²) in [7, 11) is 0. The van der Waals surface area contributed by atoms with Crippen LogP contribution in [0.4, 0.5) is 0 Å². The van der Waals surface area contributed by atoms with Gasteiger partial charge < -0.3 is 4.74 Å². The van der Waals surface area contributed by atoms with E-state index in [1.54, 1.807) is 0 Å². The maximum atomic E-state index is 8.52. The minimum atomic E-state index is -0.734. The van der Waals surface area contributed by atoms with Gasteiger partial charge in [0.2, 0.25) is 0 Å². The lowest BCUT2D eigenvalue weighted by molar-refractivity contribution is -0.0954. The molecular weight excluding hydrogens is 216 g/mol. The van der Waals surface area contributed by atoms with E-state index in [4.69, 9.17) is 10.3 Å². The van der Waals surface area contributed by atoms with Crippen LogP contribution in [0.2, 0.25) is 0 Å². The van der Waals surface area contributed by atoms with Gasteiger partial charge in [0.15, 0.2) is 5.72 Å².